The van der Waals surface area contributed by atoms with Crippen molar-refractivity contribution in [2.24, 2.45) is 0 Å². The van der Waals surface area contributed by atoms with Crippen LogP contribution in [-0.2, 0) is 0 Å². The Labute approximate surface area is 55.5 Å². The van der Waals surface area contributed by atoms with Crippen LogP contribution in [0.5, 0.6) is 0 Å². The van der Waals surface area contributed by atoms with Crippen molar-refractivity contribution in [3.8, 4) is 0 Å². The summed E-state index contributed by atoms with van der Waals surface area (Å²) in [5.74, 6) is 1.11. The molecule has 1 heterocycles. The molecular weight excluding hydrogens is 138 g/mol. The first-order valence-corrected chi connectivity index (χ1v) is 3.60. The topological polar surface area (TPSA) is 43.1 Å². The summed E-state index contributed by atoms with van der Waals surface area (Å²) in [7, 11) is 0. The second-order valence-corrected chi connectivity index (χ2v) is 2.85. The number of aromatic nitrogens is 1. The van der Waals surface area contributed by atoms with Crippen LogP contribution in [0.2, 0.25) is 0 Å². The predicted octanol–water partition coefficient (Wildman–Crippen LogP) is 0.974. The van der Waals surface area contributed by atoms with Crippen LogP contribution >= 0.6 is 11.5 Å². The third-order valence-corrected chi connectivity index (χ3v) is 1.83. The second kappa shape index (κ2) is 1.67. The average molecular weight is 143 g/mol. The van der Waals surface area contributed by atoms with E-state index in [2.05, 4.69) is 4.37 Å². The van der Waals surface area contributed by atoms with E-state index < -0.39 is 0 Å². The van der Waals surface area contributed by atoms with Gasteiger partial charge in [-0.1, -0.05) is 0 Å². The molecule has 1 aromatic heterocycles. The van der Waals surface area contributed by atoms with Gasteiger partial charge in [0.25, 0.3) is 0 Å². The Balaban J connectivity index is 2.38. The van der Waals surface area contributed by atoms with Gasteiger partial charge in [0.1, 0.15) is 0 Å². The first-order chi connectivity index (χ1) is 4.36. The number of hydrogen-bond donors (Lipinski definition) is 0. The Morgan fingerprint density at radius 2 is 2.44 bits per heavy atom. The lowest BCUT2D eigenvalue weighted by Crippen LogP contribution is -1.82. The molecule has 0 radical (unpaired) electrons. The number of nitrogens with zero attached hydrogens (tertiary/aromatic N) is 1. The molecule has 0 amide bonds. The number of hydrogen-bond acceptors (Lipinski definition) is 4. The smallest absolute Gasteiger partial charge is 0.398 e. The molecule has 3 nitrogen and oxygen atoms in total. The quantitative estimate of drug-likeness (QED) is 0.588. The van der Waals surface area contributed by atoms with Gasteiger partial charge in [0, 0.05) is 17.5 Å². The highest BCUT2D eigenvalue weighted by molar-refractivity contribution is 7.02. The molecule has 0 spiro atoms. The van der Waals surface area contributed by atoms with Crippen molar-refractivity contribution in [3.63, 3.8) is 0 Å². The third-order valence-electron chi connectivity index (χ3n) is 1.32. The average Bonchev–Trinajstić information content (AvgIpc) is 2.58. The maximum Gasteiger partial charge on any atom is 0.414 e. The maximum atomic E-state index is 10.4. The van der Waals surface area contributed by atoms with Crippen molar-refractivity contribution in [1.82, 2.24) is 4.37 Å². The van der Waals surface area contributed by atoms with Gasteiger partial charge >= 0.3 is 4.94 Å². The molecule has 1 fully saturated rings. The molecule has 1 aromatic rings. The zero-order valence-electron chi connectivity index (χ0n) is 4.66. The van der Waals surface area contributed by atoms with E-state index in [0.717, 1.165) is 24.4 Å². The van der Waals surface area contributed by atoms with Gasteiger partial charge in [-0.3, -0.25) is 0 Å². The Morgan fingerprint density at radius 1 is 1.67 bits per heavy atom. The van der Waals surface area contributed by atoms with Crippen LogP contribution in [-0.4, -0.2) is 4.37 Å². The van der Waals surface area contributed by atoms with E-state index in [1.165, 1.54) is 0 Å². The van der Waals surface area contributed by atoms with Crippen molar-refractivity contribution in [2.75, 3.05) is 0 Å². The largest absolute Gasteiger partial charge is 0.414 e. The lowest BCUT2D eigenvalue weighted by Gasteiger charge is -1.78. The maximum absolute atomic E-state index is 10.4. The molecule has 0 bridgehead atoms. The summed E-state index contributed by atoms with van der Waals surface area (Å²) in [5.41, 5.74) is 0. The fraction of sp³-hybridized carbons (Fsp3) is 0.600. The molecule has 1 aliphatic rings. The van der Waals surface area contributed by atoms with E-state index >= 15 is 0 Å². The highest BCUT2D eigenvalue weighted by Gasteiger charge is 2.28. The standard InChI is InChI=1S/C5H5NO2S/c7-5-8-4(6-9-5)3-1-2-3/h3H,1-2H2. The van der Waals surface area contributed by atoms with Crippen molar-refractivity contribution in [3.05, 3.63) is 15.6 Å². The van der Waals surface area contributed by atoms with Crippen LogP contribution in [0.3, 0.4) is 0 Å². The van der Waals surface area contributed by atoms with Crippen molar-refractivity contribution >= 4 is 11.5 Å². The van der Waals surface area contributed by atoms with Crippen molar-refractivity contribution < 1.29 is 4.42 Å². The van der Waals surface area contributed by atoms with E-state index in [1.54, 1.807) is 0 Å². The minimum absolute atomic E-state index is 0.281. The Kier molecular flexibility index (Phi) is 0.958. The molecule has 1 aliphatic carbocycles. The molecule has 2 rings (SSSR count). The first kappa shape index (κ1) is 5.17. The van der Waals surface area contributed by atoms with Gasteiger partial charge < -0.3 is 4.42 Å². The zero-order chi connectivity index (χ0) is 6.27. The van der Waals surface area contributed by atoms with Crippen LogP contribution in [0.4, 0.5) is 0 Å². The molecule has 4 heteroatoms. The molecule has 0 aromatic carbocycles. The molecule has 0 atom stereocenters. The van der Waals surface area contributed by atoms with Gasteiger partial charge in [-0.15, -0.1) is 0 Å². The van der Waals surface area contributed by atoms with Gasteiger partial charge in [-0.25, -0.2) is 4.79 Å². The van der Waals surface area contributed by atoms with E-state index in [-0.39, 0.29) is 4.94 Å². The summed E-state index contributed by atoms with van der Waals surface area (Å²) in [6.07, 6.45) is 2.26. The normalized spacial score (nSPS) is 18.2. The Hall–Kier alpha value is -0.640. The fourth-order valence-corrected chi connectivity index (χ4v) is 1.17. The van der Waals surface area contributed by atoms with E-state index in [4.69, 9.17) is 4.42 Å². The SMILES string of the molecule is O=c1oc(C2CC2)ns1. The highest BCUT2D eigenvalue weighted by atomic mass is 32.1. The van der Waals surface area contributed by atoms with Gasteiger partial charge in [0.2, 0.25) is 5.89 Å². The summed E-state index contributed by atoms with van der Waals surface area (Å²) in [5, 5.41) is 0. The second-order valence-electron chi connectivity index (χ2n) is 2.15. The summed E-state index contributed by atoms with van der Waals surface area (Å²) < 4.78 is 8.60. The minimum atomic E-state index is -0.281. The van der Waals surface area contributed by atoms with Crippen molar-refractivity contribution in [1.29, 1.82) is 0 Å². The first-order valence-electron chi connectivity index (χ1n) is 2.83. The van der Waals surface area contributed by atoms with Gasteiger partial charge in [0.05, 0.1) is 0 Å². The zero-order valence-corrected chi connectivity index (χ0v) is 5.48. The molecule has 9 heavy (non-hydrogen) atoms. The van der Waals surface area contributed by atoms with Gasteiger partial charge in [0.15, 0.2) is 0 Å². The Morgan fingerprint density at radius 3 is 2.89 bits per heavy atom. The summed E-state index contributed by atoms with van der Waals surface area (Å²) >= 11 is 0.901. The lowest BCUT2D eigenvalue weighted by atomic mass is 10.4. The lowest BCUT2D eigenvalue weighted by molar-refractivity contribution is 0.470. The summed E-state index contributed by atoms with van der Waals surface area (Å²) in [6.45, 7) is 0. The van der Waals surface area contributed by atoms with Crippen LogP contribution < -0.4 is 4.94 Å². The van der Waals surface area contributed by atoms with E-state index in [9.17, 15) is 4.79 Å². The summed E-state index contributed by atoms with van der Waals surface area (Å²) in [6, 6.07) is 0. The van der Waals surface area contributed by atoms with Crippen LogP contribution in [0.25, 0.3) is 0 Å². The van der Waals surface area contributed by atoms with Crippen LogP contribution in [0.15, 0.2) is 9.21 Å². The third kappa shape index (κ3) is 0.896. The van der Waals surface area contributed by atoms with Crippen LogP contribution in [0, 0.1) is 0 Å². The van der Waals surface area contributed by atoms with Gasteiger partial charge in [-0.05, 0) is 12.8 Å². The molecule has 48 valence electrons. The van der Waals surface area contributed by atoms with E-state index in [0.29, 0.717) is 11.8 Å². The molecule has 1 saturated carbocycles. The fourth-order valence-electron chi connectivity index (χ4n) is 0.693. The molecule has 0 saturated heterocycles. The van der Waals surface area contributed by atoms with Crippen LogP contribution in [0.1, 0.15) is 24.7 Å². The molecule has 0 unspecified atom stereocenters. The Bertz CT molecular complexity index is 260. The highest BCUT2D eigenvalue weighted by Crippen LogP contribution is 2.38. The van der Waals surface area contributed by atoms with Gasteiger partial charge in [-0.2, -0.15) is 4.37 Å². The number of rotatable bonds is 1. The molecule has 0 aliphatic heterocycles. The molecule has 0 N–H and O–H groups in total. The molecular formula is C5H5NO2S. The van der Waals surface area contributed by atoms with Crippen molar-refractivity contribution in [2.45, 2.75) is 18.8 Å². The monoisotopic (exact) mass is 143 g/mol. The van der Waals surface area contributed by atoms with E-state index in [1.807, 2.05) is 0 Å². The predicted molar refractivity (Wildman–Crippen MR) is 32.6 cm³/mol. The minimum Gasteiger partial charge on any atom is -0.398 e. The summed E-state index contributed by atoms with van der Waals surface area (Å²) in [4.78, 5) is 10.1.